The highest BCUT2D eigenvalue weighted by atomic mass is 32.1. The molecule has 0 bridgehead atoms. The molecule has 3 rings (SSSR count). The second kappa shape index (κ2) is 5.52. The molecule has 19 heavy (non-hydrogen) atoms. The fraction of sp³-hybridized carbons (Fsp3) is 0.462. The first-order valence-corrected chi connectivity index (χ1v) is 7.48. The second-order valence-electron chi connectivity index (χ2n) is 4.70. The maximum atomic E-state index is 12.1. The molecule has 0 saturated carbocycles. The fourth-order valence-electron chi connectivity index (χ4n) is 2.33. The first-order chi connectivity index (χ1) is 9.34. The first kappa shape index (κ1) is 12.3. The summed E-state index contributed by atoms with van der Waals surface area (Å²) >= 11 is 1.50. The van der Waals surface area contributed by atoms with E-state index < -0.39 is 0 Å². The van der Waals surface area contributed by atoms with E-state index in [9.17, 15) is 4.79 Å². The molecule has 0 spiro atoms. The van der Waals surface area contributed by atoms with Crippen molar-refractivity contribution in [1.82, 2.24) is 15.2 Å². The van der Waals surface area contributed by atoms with Crippen LogP contribution in [0.4, 0.5) is 5.95 Å². The standard InChI is InChI=1S/C13H16N4OS/c18-12-11(10-6-5-9-19-10)15-16-13(14-12)17-7-3-1-2-4-8-17/h5-6,9H,1-4,7-8H2,(H,14,16,18). The van der Waals surface area contributed by atoms with Crippen LogP contribution in [0.3, 0.4) is 0 Å². The van der Waals surface area contributed by atoms with E-state index >= 15 is 0 Å². The largest absolute Gasteiger partial charge is 0.341 e. The van der Waals surface area contributed by atoms with Gasteiger partial charge in [-0.15, -0.1) is 21.5 Å². The third-order valence-corrected chi connectivity index (χ3v) is 4.22. The summed E-state index contributed by atoms with van der Waals surface area (Å²) in [5.74, 6) is 0.604. The van der Waals surface area contributed by atoms with Crippen LogP contribution in [0.25, 0.3) is 10.6 Å². The van der Waals surface area contributed by atoms with E-state index in [2.05, 4.69) is 20.1 Å². The average Bonchev–Trinajstić information content (AvgIpc) is 2.81. The van der Waals surface area contributed by atoms with Crippen LogP contribution in [0.2, 0.25) is 0 Å². The Labute approximate surface area is 115 Å². The fourth-order valence-corrected chi connectivity index (χ4v) is 3.03. The molecule has 0 radical (unpaired) electrons. The van der Waals surface area contributed by atoms with Gasteiger partial charge in [0, 0.05) is 13.1 Å². The van der Waals surface area contributed by atoms with Crippen molar-refractivity contribution in [2.75, 3.05) is 18.0 Å². The van der Waals surface area contributed by atoms with E-state index in [-0.39, 0.29) is 5.56 Å². The van der Waals surface area contributed by atoms with Gasteiger partial charge in [-0.2, -0.15) is 0 Å². The summed E-state index contributed by atoms with van der Waals surface area (Å²) in [4.78, 5) is 17.9. The van der Waals surface area contributed by atoms with Crippen LogP contribution in [0, 0.1) is 0 Å². The second-order valence-corrected chi connectivity index (χ2v) is 5.65. The zero-order valence-electron chi connectivity index (χ0n) is 10.6. The van der Waals surface area contributed by atoms with Crippen molar-refractivity contribution in [2.24, 2.45) is 0 Å². The van der Waals surface area contributed by atoms with Gasteiger partial charge < -0.3 is 4.90 Å². The topological polar surface area (TPSA) is 61.9 Å². The van der Waals surface area contributed by atoms with Crippen LogP contribution in [0.5, 0.6) is 0 Å². The molecule has 1 fully saturated rings. The van der Waals surface area contributed by atoms with Crippen LogP contribution in [-0.4, -0.2) is 28.3 Å². The van der Waals surface area contributed by atoms with Gasteiger partial charge in [0.2, 0.25) is 5.95 Å². The molecule has 100 valence electrons. The van der Waals surface area contributed by atoms with Crippen molar-refractivity contribution in [2.45, 2.75) is 25.7 Å². The Morgan fingerprint density at radius 1 is 1.16 bits per heavy atom. The van der Waals surface area contributed by atoms with Crippen LogP contribution >= 0.6 is 11.3 Å². The number of aromatic amines is 1. The Morgan fingerprint density at radius 2 is 1.95 bits per heavy atom. The predicted octanol–water partition coefficient (Wildman–Crippen LogP) is 2.27. The molecule has 5 nitrogen and oxygen atoms in total. The number of rotatable bonds is 2. The number of thiophene rings is 1. The number of hydrogen-bond acceptors (Lipinski definition) is 5. The van der Waals surface area contributed by atoms with Gasteiger partial charge in [-0.1, -0.05) is 18.9 Å². The van der Waals surface area contributed by atoms with Crippen molar-refractivity contribution in [3.05, 3.63) is 27.9 Å². The van der Waals surface area contributed by atoms with Crippen molar-refractivity contribution in [1.29, 1.82) is 0 Å². The number of aromatic nitrogens is 3. The van der Waals surface area contributed by atoms with Gasteiger partial charge >= 0.3 is 0 Å². The van der Waals surface area contributed by atoms with Gasteiger partial charge in [-0.25, -0.2) is 0 Å². The van der Waals surface area contributed by atoms with Gasteiger partial charge in [0.05, 0.1) is 4.88 Å². The first-order valence-electron chi connectivity index (χ1n) is 6.60. The van der Waals surface area contributed by atoms with Crippen LogP contribution in [-0.2, 0) is 0 Å². The third kappa shape index (κ3) is 2.68. The Kier molecular flexibility index (Phi) is 3.59. The Hall–Kier alpha value is -1.69. The quantitative estimate of drug-likeness (QED) is 0.914. The molecule has 2 aromatic rings. The summed E-state index contributed by atoms with van der Waals surface area (Å²) in [5.41, 5.74) is 0.255. The molecule has 0 atom stereocenters. The molecule has 1 saturated heterocycles. The summed E-state index contributed by atoms with van der Waals surface area (Å²) in [6, 6.07) is 3.79. The highest BCUT2D eigenvalue weighted by Crippen LogP contribution is 2.19. The van der Waals surface area contributed by atoms with Crippen LogP contribution in [0.15, 0.2) is 22.3 Å². The SMILES string of the molecule is O=c1[nH]c(N2CCCCCC2)nnc1-c1cccs1. The van der Waals surface area contributed by atoms with Crippen molar-refractivity contribution < 1.29 is 0 Å². The van der Waals surface area contributed by atoms with Gasteiger partial charge in [0.15, 0.2) is 5.69 Å². The van der Waals surface area contributed by atoms with Crippen molar-refractivity contribution >= 4 is 17.3 Å². The molecule has 1 aliphatic heterocycles. The third-order valence-electron chi connectivity index (χ3n) is 3.35. The minimum atomic E-state index is -0.156. The number of hydrogen-bond donors (Lipinski definition) is 1. The summed E-state index contributed by atoms with van der Waals surface area (Å²) in [6.45, 7) is 1.89. The van der Waals surface area contributed by atoms with Crippen molar-refractivity contribution in [3.8, 4) is 10.6 Å². The average molecular weight is 276 g/mol. The molecule has 3 heterocycles. The monoisotopic (exact) mass is 276 g/mol. The predicted molar refractivity (Wildman–Crippen MR) is 76.6 cm³/mol. The zero-order valence-corrected chi connectivity index (χ0v) is 11.4. The molecule has 2 aromatic heterocycles. The van der Waals surface area contributed by atoms with E-state index in [1.807, 2.05) is 17.5 Å². The lowest BCUT2D eigenvalue weighted by Crippen LogP contribution is -2.29. The molecule has 6 heteroatoms. The maximum absolute atomic E-state index is 12.1. The minimum Gasteiger partial charge on any atom is -0.341 e. The summed E-state index contributed by atoms with van der Waals surface area (Å²) < 4.78 is 0. The molecule has 0 amide bonds. The molecule has 1 aliphatic rings. The van der Waals surface area contributed by atoms with Crippen molar-refractivity contribution in [3.63, 3.8) is 0 Å². The Morgan fingerprint density at radius 3 is 2.58 bits per heavy atom. The zero-order chi connectivity index (χ0) is 13.1. The summed E-state index contributed by atoms with van der Waals surface area (Å²) in [7, 11) is 0. The van der Waals surface area contributed by atoms with E-state index in [1.165, 1.54) is 24.2 Å². The van der Waals surface area contributed by atoms with Gasteiger partial charge in [-0.3, -0.25) is 9.78 Å². The number of H-pyrrole nitrogens is 1. The molecule has 0 aliphatic carbocycles. The summed E-state index contributed by atoms with van der Waals surface area (Å²) in [6.07, 6.45) is 4.80. The van der Waals surface area contributed by atoms with Crippen LogP contribution < -0.4 is 10.5 Å². The lowest BCUT2D eigenvalue weighted by atomic mass is 10.2. The Bertz CT molecular complexity index is 585. The minimum absolute atomic E-state index is 0.156. The van der Waals surface area contributed by atoms with Crippen LogP contribution in [0.1, 0.15) is 25.7 Å². The Balaban J connectivity index is 1.88. The van der Waals surface area contributed by atoms with E-state index in [4.69, 9.17) is 0 Å². The van der Waals surface area contributed by atoms with Gasteiger partial charge in [0.25, 0.3) is 5.56 Å². The number of nitrogens with zero attached hydrogens (tertiary/aromatic N) is 3. The lowest BCUT2D eigenvalue weighted by Gasteiger charge is -2.19. The van der Waals surface area contributed by atoms with E-state index in [1.54, 1.807) is 0 Å². The lowest BCUT2D eigenvalue weighted by molar-refractivity contribution is 0.726. The maximum Gasteiger partial charge on any atom is 0.280 e. The van der Waals surface area contributed by atoms with E-state index in [0.717, 1.165) is 30.8 Å². The van der Waals surface area contributed by atoms with E-state index in [0.29, 0.717) is 11.6 Å². The number of anilines is 1. The molecule has 1 N–H and O–H groups in total. The van der Waals surface area contributed by atoms with Gasteiger partial charge in [-0.05, 0) is 24.3 Å². The summed E-state index contributed by atoms with van der Waals surface area (Å²) in [5, 5.41) is 10.2. The highest BCUT2D eigenvalue weighted by Gasteiger charge is 2.14. The molecular formula is C13H16N4OS. The smallest absolute Gasteiger partial charge is 0.280 e. The normalized spacial score (nSPS) is 16.3. The molecule has 0 unspecified atom stereocenters. The molecular weight excluding hydrogens is 260 g/mol. The number of nitrogens with one attached hydrogen (secondary N) is 1. The molecule has 0 aromatic carbocycles. The van der Waals surface area contributed by atoms with Gasteiger partial charge in [0.1, 0.15) is 0 Å². The highest BCUT2D eigenvalue weighted by molar-refractivity contribution is 7.13.